The fraction of sp³-hybridized carbons (Fsp3) is 0.222. The van der Waals surface area contributed by atoms with E-state index in [1.54, 1.807) is 6.07 Å². The molecule has 2 aromatic carbocycles. The summed E-state index contributed by atoms with van der Waals surface area (Å²) in [5.41, 5.74) is 3.48. The van der Waals surface area contributed by atoms with E-state index in [9.17, 15) is 4.39 Å². The molecule has 19 heavy (non-hydrogen) atoms. The minimum atomic E-state index is -0.203. The molecular formula is C18H19F. The number of hydrogen-bond acceptors (Lipinski definition) is 0. The van der Waals surface area contributed by atoms with Crippen molar-refractivity contribution in [2.24, 2.45) is 0 Å². The van der Waals surface area contributed by atoms with E-state index in [2.05, 4.69) is 45.0 Å². The highest BCUT2D eigenvalue weighted by Gasteiger charge is 2.12. The standard InChI is InChI=1S/C18H19F/c1-18(2,3)16-11-9-14(10-12-16)7-8-15-5-4-6-17(19)13-15/h4-13H,1-3H3/b8-7+. The zero-order chi connectivity index (χ0) is 13.9. The van der Waals surface area contributed by atoms with Gasteiger partial charge in [0.15, 0.2) is 0 Å². The number of hydrogen-bond donors (Lipinski definition) is 0. The Labute approximate surface area is 114 Å². The van der Waals surface area contributed by atoms with Crippen LogP contribution in [-0.2, 0) is 5.41 Å². The zero-order valence-corrected chi connectivity index (χ0v) is 11.7. The van der Waals surface area contributed by atoms with Crippen molar-refractivity contribution >= 4 is 12.2 Å². The molecule has 0 saturated heterocycles. The first kappa shape index (κ1) is 13.5. The van der Waals surface area contributed by atoms with E-state index < -0.39 is 0 Å². The molecule has 0 fully saturated rings. The van der Waals surface area contributed by atoms with Crippen molar-refractivity contribution in [3.05, 3.63) is 71.0 Å². The Hall–Kier alpha value is -1.89. The van der Waals surface area contributed by atoms with Gasteiger partial charge in [-0.2, -0.15) is 0 Å². The van der Waals surface area contributed by atoms with Gasteiger partial charge in [-0.25, -0.2) is 4.39 Å². The van der Waals surface area contributed by atoms with E-state index in [1.165, 1.54) is 17.7 Å². The lowest BCUT2D eigenvalue weighted by Gasteiger charge is -2.18. The van der Waals surface area contributed by atoms with E-state index in [0.717, 1.165) is 11.1 Å². The Kier molecular flexibility index (Phi) is 3.84. The first-order valence-corrected chi connectivity index (χ1v) is 6.49. The Morgan fingerprint density at radius 2 is 1.47 bits per heavy atom. The number of halogens is 1. The minimum absolute atomic E-state index is 0.171. The van der Waals surface area contributed by atoms with Crippen molar-refractivity contribution < 1.29 is 4.39 Å². The molecule has 0 amide bonds. The maximum absolute atomic E-state index is 13.0. The van der Waals surface area contributed by atoms with Gasteiger partial charge in [0.2, 0.25) is 0 Å². The molecule has 0 unspecified atom stereocenters. The molecule has 0 radical (unpaired) electrons. The predicted octanol–water partition coefficient (Wildman–Crippen LogP) is 5.29. The first-order chi connectivity index (χ1) is 8.95. The summed E-state index contributed by atoms with van der Waals surface area (Å²) in [6.07, 6.45) is 3.93. The Morgan fingerprint density at radius 3 is 2.05 bits per heavy atom. The van der Waals surface area contributed by atoms with E-state index in [-0.39, 0.29) is 11.2 Å². The smallest absolute Gasteiger partial charge is 0.123 e. The normalized spacial score (nSPS) is 12.0. The molecule has 0 aliphatic heterocycles. The molecule has 0 saturated carbocycles. The highest BCUT2D eigenvalue weighted by Crippen LogP contribution is 2.22. The SMILES string of the molecule is CC(C)(C)c1ccc(/C=C/c2cccc(F)c2)cc1. The molecule has 2 aromatic rings. The van der Waals surface area contributed by atoms with Crippen molar-refractivity contribution in [3.63, 3.8) is 0 Å². The van der Waals surface area contributed by atoms with Crippen molar-refractivity contribution in [1.82, 2.24) is 0 Å². The van der Waals surface area contributed by atoms with Gasteiger partial charge in [0.25, 0.3) is 0 Å². The van der Waals surface area contributed by atoms with Crippen LogP contribution in [0.2, 0.25) is 0 Å². The van der Waals surface area contributed by atoms with Crippen LogP contribution in [0.4, 0.5) is 4.39 Å². The van der Waals surface area contributed by atoms with Gasteiger partial charge in [0.1, 0.15) is 5.82 Å². The van der Waals surface area contributed by atoms with Crippen LogP contribution in [0.15, 0.2) is 48.5 Å². The van der Waals surface area contributed by atoms with E-state index in [1.807, 2.05) is 18.2 Å². The maximum atomic E-state index is 13.0. The van der Waals surface area contributed by atoms with Gasteiger partial charge in [-0.1, -0.05) is 69.3 Å². The summed E-state index contributed by atoms with van der Waals surface area (Å²) >= 11 is 0. The molecular weight excluding hydrogens is 235 g/mol. The third-order valence-electron chi connectivity index (χ3n) is 3.09. The summed E-state index contributed by atoms with van der Waals surface area (Å²) < 4.78 is 13.0. The van der Waals surface area contributed by atoms with Crippen molar-refractivity contribution in [3.8, 4) is 0 Å². The fourth-order valence-electron chi connectivity index (χ4n) is 1.90. The van der Waals surface area contributed by atoms with Crippen LogP contribution in [0.3, 0.4) is 0 Å². The maximum Gasteiger partial charge on any atom is 0.123 e. The minimum Gasteiger partial charge on any atom is -0.207 e. The Bertz CT molecular complexity index is 571. The molecule has 98 valence electrons. The van der Waals surface area contributed by atoms with Crippen LogP contribution >= 0.6 is 0 Å². The van der Waals surface area contributed by atoms with Crippen molar-refractivity contribution in [1.29, 1.82) is 0 Å². The van der Waals surface area contributed by atoms with E-state index in [4.69, 9.17) is 0 Å². The monoisotopic (exact) mass is 254 g/mol. The third-order valence-corrected chi connectivity index (χ3v) is 3.09. The highest BCUT2D eigenvalue weighted by molar-refractivity contribution is 5.69. The van der Waals surface area contributed by atoms with Crippen LogP contribution in [0.25, 0.3) is 12.2 Å². The zero-order valence-electron chi connectivity index (χ0n) is 11.7. The largest absolute Gasteiger partial charge is 0.207 e. The molecule has 0 heterocycles. The van der Waals surface area contributed by atoms with Gasteiger partial charge in [-0.05, 0) is 34.2 Å². The van der Waals surface area contributed by atoms with Gasteiger partial charge < -0.3 is 0 Å². The van der Waals surface area contributed by atoms with Crippen molar-refractivity contribution in [2.45, 2.75) is 26.2 Å². The lowest BCUT2D eigenvalue weighted by atomic mass is 9.87. The summed E-state index contributed by atoms with van der Waals surface area (Å²) in [7, 11) is 0. The van der Waals surface area contributed by atoms with Crippen molar-refractivity contribution in [2.75, 3.05) is 0 Å². The molecule has 0 aliphatic carbocycles. The predicted molar refractivity (Wildman–Crippen MR) is 80.5 cm³/mol. The lowest BCUT2D eigenvalue weighted by Crippen LogP contribution is -2.10. The molecule has 0 aromatic heterocycles. The first-order valence-electron chi connectivity index (χ1n) is 6.49. The summed E-state index contributed by atoms with van der Waals surface area (Å²) in [5.74, 6) is -0.203. The average Bonchev–Trinajstić information content (AvgIpc) is 2.36. The van der Waals surface area contributed by atoms with Gasteiger partial charge >= 0.3 is 0 Å². The van der Waals surface area contributed by atoms with Crippen LogP contribution in [0.5, 0.6) is 0 Å². The lowest BCUT2D eigenvalue weighted by molar-refractivity contribution is 0.590. The molecule has 0 atom stereocenters. The average molecular weight is 254 g/mol. The summed E-state index contributed by atoms with van der Waals surface area (Å²) in [6.45, 7) is 6.60. The number of rotatable bonds is 2. The van der Waals surface area contributed by atoms with Gasteiger partial charge in [-0.15, -0.1) is 0 Å². The second kappa shape index (κ2) is 5.40. The quantitative estimate of drug-likeness (QED) is 0.638. The van der Waals surface area contributed by atoms with Crippen LogP contribution in [0.1, 0.15) is 37.5 Å². The summed E-state index contributed by atoms with van der Waals surface area (Å²) in [6, 6.07) is 15.1. The van der Waals surface area contributed by atoms with Crippen LogP contribution in [0, 0.1) is 5.82 Å². The van der Waals surface area contributed by atoms with Crippen LogP contribution < -0.4 is 0 Å². The van der Waals surface area contributed by atoms with Gasteiger partial charge in [-0.3, -0.25) is 0 Å². The Morgan fingerprint density at radius 1 is 0.842 bits per heavy atom. The van der Waals surface area contributed by atoms with Gasteiger partial charge in [0, 0.05) is 0 Å². The molecule has 1 heteroatoms. The van der Waals surface area contributed by atoms with Crippen LogP contribution in [-0.4, -0.2) is 0 Å². The topological polar surface area (TPSA) is 0 Å². The van der Waals surface area contributed by atoms with Gasteiger partial charge in [0.05, 0.1) is 0 Å². The second-order valence-electron chi connectivity index (χ2n) is 5.76. The highest BCUT2D eigenvalue weighted by atomic mass is 19.1. The molecule has 2 rings (SSSR count). The van der Waals surface area contributed by atoms with E-state index >= 15 is 0 Å². The summed E-state index contributed by atoms with van der Waals surface area (Å²) in [5, 5.41) is 0. The fourth-order valence-corrected chi connectivity index (χ4v) is 1.90. The second-order valence-corrected chi connectivity index (χ2v) is 5.76. The summed E-state index contributed by atoms with van der Waals surface area (Å²) in [4.78, 5) is 0. The molecule has 0 bridgehead atoms. The molecule has 0 nitrogen and oxygen atoms in total. The molecule has 0 N–H and O–H groups in total. The third kappa shape index (κ3) is 3.78. The molecule has 0 aliphatic rings. The molecule has 0 spiro atoms. The Balaban J connectivity index is 2.16. The van der Waals surface area contributed by atoms with E-state index in [0.29, 0.717) is 0 Å². The number of benzene rings is 2.